The third-order valence-corrected chi connectivity index (χ3v) is 1.93. The summed E-state index contributed by atoms with van der Waals surface area (Å²) in [5.41, 5.74) is 0.553. The van der Waals surface area contributed by atoms with E-state index in [9.17, 15) is 9.59 Å². The molecule has 5 nitrogen and oxygen atoms in total. The van der Waals surface area contributed by atoms with Gasteiger partial charge in [0, 0.05) is 12.4 Å². The SMILES string of the molecule is O=C(O)C1C=Nc2cccnc2C1=O. The van der Waals surface area contributed by atoms with Crippen LogP contribution in [-0.2, 0) is 4.79 Å². The third kappa shape index (κ3) is 1.19. The Kier molecular flexibility index (Phi) is 1.85. The first-order chi connectivity index (χ1) is 6.70. The number of ketones is 1. The number of aromatic nitrogens is 1. The summed E-state index contributed by atoms with van der Waals surface area (Å²) in [5.74, 6) is -2.91. The Morgan fingerprint density at radius 1 is 1.50 bits per heavy atom. The first-order valence-corrected chi connectivity index (χ1v) is 3.96. The van der Waals surface area contributed by atoms with Crippen molar-refractivity contribution < 1.29 is 14.7 Å². The number of pyridine rings is 1. The second-order valence-electron chi connectivity index (χ2n) is 2.83. The minimum absolute atomic E-state index is 0.127. The summed E-state index contributed by atoms with van der Waals surface area (Å²) in [7, 11) is 0. The van der Waals surface area contributed by atoms with Crippen molar-refractivity contribution >= 4 is 23.7 Å². The standard InChI is InChI=1S/C9H6N2O3/c12-8-5(9(13)14)4-11-6-2-1-3-10-7(6)8/h1-5H,(H,13,14). The van der Waals surface area contributed by atoms with E-state index in [2.05, 4.69) is 9.98 Å². The molecule has 1 N–H and O–H groups in total. The number of aliphatic imine (C=N–C) groups is 1. The highest BCUT2D eigenvalue weighted by molar-refractivity contribution is 6.21. The first-order valence-electron chi connectivity index (χ1n) is 3.96. The van der Waals surface area contributed by atoms with Gasteiger partial charge in [0.15, 0.2) is 5.92 Å². The van der Waals surface area contributed by atoms with E-state index in [1.165, 1.54) is 6.20 Å². The Bertz CT molecular complexity index is 439. The first kappa shape index (κ1) is 8.55. The van der Waals surface area contributed by atoms with Crippen molar-refractivity contribution in [1.82, 2.24) is 4.98 Å². The molecule has 1 aromatic rings. The normalized spacial score (nSPS) is 19.1. The van der Waals surface area contributed by atoms with E-state index in [0.717, 1.165) is 6.21 Å². The van der Waals surface area contributed by atoms with Crippen LogP contribution < -0.4 is 0 Å². The zero-order valence-corrected chi connectivity index (χ0v) is 7.04. The number of carboxylic acid groups (broad SMARTS) is 1. The number of hydrogen-bond donors (Lipinski definition) is 1. The van der Waals surface area contributed by atoms with Crippen LogP contribution in [0.4, 0.5) is 5.69 Å². The topological polar surface area (TPSA) is 79.6 Å². The van der Waals surface area contributed by atoms with Gasteiger partial charge in [0.05, 0.1) is 5.69 Å². The maximum absolute atomic E-state index is 11.5. The van der Waals surface area contributed by atoms with Crippen LogP contribution >= 0.6 is 0 Å². The van der Waals surface area contributed by atoms with Crippen molar-refractivity contribution in [3.05, 3.63) is 24.0 Å². The fourth-order valence-electron chi connectivity index (χ4n) is 1.24. The van der Waals surface area contributed by atoms with Gasteiger partial charge in [0.2, 0.25) is 5.78 Å². The number of carbonyl (C=O) groups excluding carboxylic acids is 1. The number of carbonyl (C=O) groups is 2. The zero-order chi connectivity index (χ0) is 10.1. The molecule has 0 aliphatic carbocycles. The molecular formula is C9H6N2O3. The molecule has 70 valence electrons. The Morgan fingerprint density at radius 2 is 2.29 bits per heavy atom. The largest absolute Gasteiger partial charge is 0.480 e. The van der Waals surface area contributed by atoms with Crippen LogP contribution in [0, 0.1) is 5.92 Å². The molecule has 1 aliphatic heterocycles. The average Bonchev–Trinajstić information content (AvgIpc) is 2.18. The van der Waals surface area contributed by atoms with Crippen molar-refractivity contribution in [1.29, 1.82) is 0 Å². The van der Waals surface area contributed by atoms with Crippen LogP contribution in [-0.4, -0.2) is 28.1 Å². The van der Waals surface area contributed by atoms with Crippen LogP contribution in [0.1, 0.15) is 10.5 Å². The summed E-state index contributed by atoms with van der Waals surface area (Å²) < 4.78 is 0. The molecule has 0 radical (unpaired) electrons. The van der Waals surface area contributed by atoms with Gasteiger partial charge in [-0.05, 0) is 12.1 Å². The molecule has 14 heavy (non-hydrogen) atoms. The fourth-order valence-corrected chi connectivity index (χ4v) is 1.24. The molecule has 0 spiro atoms. The smallest absolute Gasteiger partial charge is 0.320 e. The van der Waals surface area contributed by atoms with Gasteiger partial charge in [-0.1, -0.05) is 0 Å². The molecule has 1 unspecified atom stereocenters. The summed E-state index contributed by atoms with van der Waals surface area (Å²) in [4.78, 5) is 29.8. The maximum Gasteiger partial charge on any atom is 0.320 e. The Balaban J connectivity index is 2.50. The lowest BCUT2D eigenvalue weighted by Crippen LogP contribution is -2.28. The van der Waals surface area contributed by atoms with E-state index in [4.69, 9.17) is 5.11 Å². The molecule has 0 fully saturated rings. The van der Waals surface area contributed by atoms with Crippen molar-refractivity contribution in [2.75, 3.05) is 0 Å². The summed E-state index contributed by atoms with van der Waals surface area (Å²) in [6, 6.07) is 3.26. The molecule has 0 saturated carbocycles. The molecule has 5 heteroatoms. The molecule has 0 bridgehead atoms. The average molecular weight is 190 g/mol. The molecule has 2 heterocycles. The van der Waals surface area contributed by atoms with Crippen molar-refractivity contribution in [2.24, 2.45) is 10.9 Å². The van der Waals surface area contributed by atoms with Gasteiger partial charge in [-0.2, -0.15) is 0 Å². The third-order valence-electron chi connectivity index (χ3n) is 1.93. The van der Waals surface area contributed by atoms with E-state index in [1.807, 2.05) is 0 Å². The monoisotopic (exact) mass is 190 g/mol. The number of Topliss-reactive ketones (excluding diaryl/α,β-unsaturated/α-hetero) is 1. The Labute approximate surface area is 79.1 Å². The van der Waals surface area contributed by atoms with Crippen molar-refractivity contribution in [3.8, 4) is 0 Å². The molecule has 0 amide bonds. The van der Waals surface area contributed by atoms with Crippen LogP contribution in [0.25, 0.3) is 0 Å². The number of hydrogen-bond acceptors (Lipinski definition) is 4. The van der Waals surface area contributed by atoms with Crippen molar-refractivity contribution in [2.45, 2.75) is 0 Å². The predicted molar refractivity (Wildman–Crippen MR) is 47.8 cm³/mol. The molecule has 0 aromatic carbocycles. The number of fused-ring (bicyclic) bond motifs is 1. The van der Waals surface area contributed by atoms with E-state index < -0.39 is 17.7 Å². The van der Waals surface area contributed by atoms with Gasteiger partial charge in [0.25, 0.3) is 0 Å². The summed E-state index contributed by atoms with van der Waals surface area (Å²) in [6.45, 7) is 0. The second kappa shape index (κ2) is 3.02. The van der Waals surface area contributed by atoms with E-state index in [0.29, 0.717) is 5.69 Å². The molecule has 1 aliphatic rings. The molecule has 1 atom stereocenters. The lowest BCUT2D eigenvalue weighted by atomic mass is 9.99. The van der Waals surface area contributed by atoms with Crippen LogP contribution in [0.3, 0.4) is 0 Å². The molecule has 2 rings (SSSR count). The molecule has 1 aromatic heterocycles. The van der Waals surface area contributed by atoms with E-state index in [1.54, 1.807) is 12.1 Å². The number of nitrogens with zero attached hydrogens (tertiary/aromatic N) is 2. The number of carboxylic acids is 1. The van der Waals surface area contributed by atoms with E-state index in [-0.39, 0.29) is 5.69 Å². The van der Waals surface area contributed by atoms with Crippen LogP contribution in [0.2, 0.25) is 0 Å². The van der Waals surface area contributed by atoms with Gasteiger partial charge < -0.3 is 5.11 Å². The lowest BCUT2D eigenvalue weighted by Gasteiger charge is -2.11. The van der Waals surface area contributed by atoms with Gasteiger partial charge in [-0.15, -0.1) is 0 Å². The van der Waals surface area contributed by atoms with Gasteiger partial charge in [-0.3, -0.25) is 19.6 Å². The minimum Gasteiger partial charge on any atom is -0.480 e. The predicted octanol–water partition coefficient (Wildman–Crippen LogP) is 0.681. The Hall–Kier alpha value is -2.04. The molecule has 0 saturated heterocycles. The second-order valence-corrected chi connectivity index (χ2v) is 2.83. The summed E-state index contributed by atoms with van der Waals surface area (Å²) >= 11 is 0. The van der Waals surface area contributed by atoms with Gasteiger partial charge in [-0.25, -0.2) is 0 Å². The quantitative estimate of drug-likeness (QED) is 0.660. The Morgan fingerprint density at radius 3 is 3.00 bits per heavy atom. The fraction of sp³-hybridized carbons (Fsp3) is 0.111. The van der Waals surface area contributed by atoms with Crippen LogP contribution in [0.5, 0.6) is 0 Å². The van der Waals surface area contributed by atoms with Crippen LogP contribution in [0.15, 0.2) is 23.3 Å². The van der Waals surface area contributed by atoms with Gasteiger partial charge in [0.1, 0.15) is 5.69 Å². The summed E-state index contributed by atoms with van der Waals surface area (Å²) in [5, 5.41) is 8.69. The van der Waals surface area contributed by atoms with E-state index >= 15 is 0 Å². The minimum atomic E-state index is -1.20. The number of aliphatic carboxylic acids is 1. The maximum atomic E-state index is 11.5. The molecular weight excluding hydrogens is 184 g/mol. The highest BCUT2D eigenvalue weighted by Gasteiger charge is 2.31. The lowest BCUT2D eigenvalue weighted by molar-refractivity contribution is -0.137. The highest BCUT2D eigenvalue weighted by Crippen LogP contribution is 2.23. The zero-order valence-electron chi connectivity index (χ0n) is 7.04. The van der Waals surface area contributed by atoms with Crippen molar-refractivity contribution in [3.63, 3.8) is 0 Å². The number of rotatable bonds is 1. The highest BCUT2D eigenvalue weighted by atomic mass is 16.4. The summed E-state index contributed by atoms with van der Waals surface area (Å²) in [6.07, 6.45) is 2.57. The van der Waals surface area contributed by atoms with Gasteiger partial charge >= 0.3 is 5.97 Å².